The first kappa shape index (κ1) is 17.3. The molecule has 0 saturated carbocycles. The smallest absolute Gasteiger partial charge is 0.383 e. The molecule has 0 radical (unpaired) electrons. The van der Waals surface area contributed by atoms with Crippen LogP contribution in [0.3, 0.4) is 0 Å². The van der Waals surface area contributed by atoms with Crippen molar-refractivity contribution in [3.05, 3.63) is 28.2 Å². The molecule has 0 saturated heterocycles. The summed E-state index contributed by atoms with van der Waals surface area (Å²) in [7, 11) is 0. The first-order valence-corrected chi connectivity index (χ1v) is 7.27. The lowest BCUT2D eigenvalue weighted by atomic mass is 10.1. The summed E-state index contributed by atoms with van der Waals surface area (Å²) in [4.78, 5) is 0. The van der Waals surface area contributed by atoms with Gasteiger partial charge in [-0.1, -0.05) is 29.8 Å². The zero-order chi connectivity index (χ0) is 15.2. The van der Waals surface area contributed by atoms with Gasteiger partial charge in [0, 0.05) is 23.3 Å². The number of ether oxygens (including phenoxy) is 1. The van der Waals surface area contributed by atoms with E-state index in [1.165, 1.54) is 0 Å². The van der Waals surface area contributed by atoms with Gasteiger partial charge in [0.05, 0.1) is 12.2 Å². The lowest BCUT2D eigenvalue weighted by Crippen LogP contribution is -2.12. The minimum Gasteiger partial charge on any atom is -0.383 e. The average molecular weight is 354 g/mol. The van der Waals surface area contributed by atoms with Crippen molar-refractivity contribution in [1.29, 1.82) is 0 Å². The van der Waals surface area contributed by atoms with Gasteiger partial charge in [-0.05, 0) is 30.5 Å². The van der Waals surface area contributed by atoms with Crippen molar-refractivity contribution in [2.75, 3.05) is 25.1 Å². The van der Waals surface area contributed by atoms with Gasteiger partial charge in [-0.2, -0.15) is 13.2 Å². The van der Waals surface area contributed by atoms with E-state index in [4.69, 9.17) is 4.74 Å². The molecule has 0 fully saturated rings. The lowest BCUT2D eigenvalue weighted by Gasteiger charge is -2.12. The summed E-state index contributed by atoms with van der Waals surface area (Å²) in [5.41, 5.74) is -0.241. The highest BCUT2D eigenvalue weighted by Crippen LogP contribution is 2.33. The fraction of sp³-hybridized carbons (Fsp3) is 0.571. The van der Waals surface area contributed by atoms with E-state index in [-0.39, 0.29) is 0 Å². The van der Waals surface area contributed by atoms with Gasteiger partial charge >= 0.3 is 6.18 Å². The number of rotatable bonds is 7. The van der Waals surface area contributed by atoms with Gasteiger partial charge in [-0.25, -0.2) is 0 Å². The van der Waals surface area contributed by atoms with Gasteiger partial charge in [0.1, 0.15) is 0 Å². The molecule has 1 aromatic carbocycles. The Morgan fingerprint density at radius 2 is 1.90 bits per heavy atom. The van der Waals surface area contributed by atoms with E-state index in [1.807, 2.05) is 0 Å². The molecule has 114 valence electrons. The molecule has 0 spiro atoms. The highest BCUT2D eigenvalue weighted by Gasteiger charge is 2.31. The Balaban J connectivity index is 2.42. The number of halogens is 4. The van der Waals surface area contributed by atoms with E-state index in [0.29, 0.717) is 35.8 Å². The molecule has 0 unspecified atom stereocenters. The molecule has 1 aromatic rings. The number of alkyl halides is 3. The third kappa shape index (κ3) is 6.61. The molecule has 0 aromatic heterocycles. The zero-order valence-corrected chi connectivity index (χ0v) is 13.1. The molecule has 2 nitrogen and oxygen atoms in total. The zero-order valence-electron chi connectivity index (χ0n) is 11.6. The van der Waals surface area contributed by atoms with E-state index >= 15 is 0 Å². The van der Waals surface area contributed by atoms with Gasteiger partial charge in [-0.3, -0.25) is 0 Å². The number of nitrogens with one attached hydrogen (secondary N) is 1. The van der Waals surface area contributed by atoms with Gasteiger partial charge in [0.25, 0.3) is 0 Å². The number of hydrogen-bond donors (Lipinski definition) is 1. The molecule has 6 heteroatoms. The molecule has 0 atom stereocenters. The minimum atomic E-state index is -4.34. The van der Waals surface area contributed by atoms with Crippen molar-refractivity contribution in [2.45, 2.75) is 26.4 Å². The van der Waals surface area contributed by atoms with Crippen LogP contribution in [-0.4, -0.2) is 19.8 Å². The second-order valence-corrected chi connectivity index (χ2v) is 5.86. The number of anilines is 1. The fourth-order valence-corrected chi connectivity index (χ4v) is 2.04. The minimum absolute atomic E-state index is 0.399. The Morgan fingerprint density at radius 3 is 2.50 bits per heavy atom. The van der Waals surface area contributed by atoms with Gasteiger partial charge < -0.3 is 10.1 Å². The van der Waals surface area contributed by atoms with Crippen LogP contribution in [0.25, 0.3) is 0 Å². The van der Waals surface area contributed by atoms with E-state index in [1.54, 1.807) is 6.07 Å². The van der Waals surface area contributed by atoms with Crippen molar-refractivity contribution in [3.63, 3.8) is 0 Å². The topological polar surface area (TPSA) is 21.3 Å². The summed E-state index contributed by atoms with van der Waals surface area (Å²) in [5.74, 6) is 0.586. The standard InChI is InChI=1S/C14H19BrF3NO/c1-10(2)3-5-20-6-4-19-13-8-11(14(16,17)18)7-12(15)9-13/h7-10,19H,3-6H2,1-2H3. The van der Waals surface area contributed by atoms with E-state index < -0.39 is 11.7 Å². The molecule has 0 heterocycles. The Hall–Kier alpha value is -0.750. The predicted molar refractivity (Wildman–Crippen MR) is 77.9 cm³/mol. The SMILES string of the molecule is CC(C)CCOCCNc1cc(Br)cc(C(F)(F)F)c1. The molecular formula is C14H19BrF3NO. The second-order valence-electron chi connectivity index (χ2n) is 4.95. The van der Waals surface area contributed by atoms with Crippen molar-refractivity contribution in [2.24, 2.45) is 5.92 Å². The number of hydrogen-bond acceptors (Lipinski definition) is 2. The molecule has 0 bridgehead atoms. The van der Waals surface area contributed by atoms with Crippen LogP contribution in [0.5, 0.6) is 0 Å². The highest BCUT2D eigenvalue weighted by molar-refractivity contribution is 9.10. The molecule has 1 N–H and O–H groups in total. The third-order valence-corrected chi connectivity index (χ3v) is 3.10. The van der Waals surface area contributed by atoms with Crippen LogP contribution in [0.1, 0.15) is 25.8 Å². The monoisotopic (exact) mass is 353 g/mol. The lowest BCUT2D eigenvalue weighted by molar-refractivity contribution is -0.137. The molecule has 1 rings (SSSR count). The van der Waals surface area contributed by atoms with Gasteiger partial charge in [0.15, 0.2) is 0 Å². The molecule has 0 aliphatic rings. The molecule has 0 aliphatic carbocycles. The highest BCUT2D eigenvalue weighted by atomic mass is 79.9. The maximum absolute atomic E-state index is 12.6. The van der Waals surface area contributed by atoms with Crippen molar-refractivity contribution >= 4 is 21.6 Å². The molecule has 20 heavy (non-hydrogen) atoms. The van der Waals surface area contributed by atoms with E-state index in [0.717, 1.165) is 18.6 Å². The maximum atomic E-state index is 12.6. The summed E-state index contributed by atoms with van der Waals surface area (Å²) < 4.78 is 43.7. The Labute approximate surface area is 125 Å². The van der Waals surface area contributed by atoms with E-state index in [9.17, 15) is 13.2 Å². The predicted octanol–water partition coefficient (Wildman–Crippen LogP) is 4.94. The van der Waals surface area contributed by atoms with Crippen molar-refractivity contribution < 1.29 is 17.9 Å². The average Bonchev–Trinajstić information content (AvgIpc) is 2.31. The first-order valence-electron chi connectivity index (χ1n) is 6.48. The summed E-state index contributed by atoms with van der Waals surface area (Å²) in [6, 6.07) is 3.77. The Kier molecular flexibility index (Phi) is 6.82. The summed E-state index contributed by atoms with van der Waals surface area (Å²) in [6.45, 7) is 5.85. The van der Waals surface area contributed by atoms with Crippen LogP contribution in [0.15, 0.2) is 22.7 Å². The number of benzene rings is 1. The van der Waals surface area contributed by atoms with Crippen LogP contribution in [0.2, 0.25) is 0 Å². The van der Waals surface area contributed by atoms with Crippen LogP contribution in [-0.2, 0) is 10.9 Å². The molecule has 0 aliphatic heterocycles. The quantitative estimate of drug-likeness (QED) is 0.700. The largest absolute Gasteiger partial charge is 0.416 e. The Bertz CT molecular complexity index is 421. The molecular weight excluding hydrogens is 335 g/mol. The van der Waals surface area contributed by atoms with Crippen molar-refractivity contribution in [1.82, 2.24) is 0 Å². The second kappa shape index (κ2) is 7.88. The summed E-state index contributed by atoms with van der Waals surface area (Å²) in [5, 5.41) is 2.93. The van der Waals surface area contributed by atoms with Crippen LogP contribution < -0.4 is 5.32 Å². The summed E-state index contributed by atoms with van der Waals surface area (Å²) >= 11 is 3.08. The van der Waals surface area contributed by atoms with Crippen LogP contribution in [0, 0.1) is 5.92 Å². The van der Waals surface area contributed by atoms with E-state index in [2.05, 4.69) is 35.1 Å². The summed E-state index contributed by atoms with van der Waals surface area (Å²) in [6.07, 6.45) is -3.36. The van der Waals surface area contributed by atoms with Crippen LogP contribution >= 0.6 is 15.9 Å². The van der Waals surface area contributed by atoms with Crippen molar-refractivity contribution in [3.8, 4) is 0 Å². The maximum Gasteiger partial charge on any atom is 0.416 e. The third-order valence-electron chi connectivity index (χ3n) is 2.64. The fourth-order valence-electron chi connectivity index (χ4n) is 1.54. The normalized spacial score (nSPS) is 11.9. The van der Waals surface area contributed by atoms with Crippen LogP contribution in [0.4, 0.5) is 18.9 Å². The molecule has 0 amide bonds. The van der Waals surface area contributed by atoms with Gasteiger partial charge in [0.2, 0.25) is 0 Å². The Morgan fingerprint density at radius 1 is 1.20 bits per heavy atom. The van der Waals surface area contributed by atoms with Gasteiger partial charge in [-0.15, -0.1) is 0 Å². The first-order chi connectivity index (χ1) is 9.29.